The first-order chi connectivity index (χ1) is 10.9. The number of carbonyl (C=O) groups excluding carboxylic acids is 3. The van der Waals surface area contributed by atoms with E-state index in [1.165, 1.54) is 7.11 Å². The number of ether oxygens (including phenoxy) is 2. The summed E-state index contributed by atoms with van der Waals surface area (Å²) in [5.41, 5.74) is 0.874. The molecule has 0 spiro atoms. The molecule has 0 aromatic heterocycles. The smallest absolute Gasteiger partial charge is 0.334 e. The lowest BCUT2D eigenvalue weighted by molar-refractivity contribution is -0.143. The first-order valence-corrected chi connectivity index (χ1v) is 7.30. The van der Waals surface area contributed by atoms with Crippen LogP contribution in [0.2, 0.25) is 0 Å². The van der Waals surface area contributed by atoms with E-state index in [0.29, 0.717) is 17.9 Å². The van der Waals surface area contributed by atoms with Crippen LogP contribution < -0.4 is 9.47 Å². The van der Waals surface area contributed by atoms with Crippen molar-refractivity contribution in [3.8, 4) is 11.5 Å². The van der Waals surface area contributed by atoms with Crippen molar-refractivity contribution in [3.63, 3.8) is 0 Å². The lowest BCUT2D eigenvalue weighted by atomic mass is 10.1. The van der Waals surface area contributed by atoms with Crippen molar-refractivity contribution in [2.75, 3.05) is 20.8 Å². The van der Waals surface area contributed by atoms with Crippen LogP contribution in [0.25, 0.3) is 0 Å². The molecule has 1 aromatic rings. The number of carbonyl (C=O) groups is 3. The SMILES string of the molecule is COc1ccc(CCN2C(=O)C(=O)N(C(C)C)C2=O)cc1OC. The summed E-state index contributed by atoms with van der Waals surface area (Å²) in [4.78, 5) is 37.9. The highest BCUT2D eigenvalue weighted by atomic mass is 16.5. The van der Waals surface area contributed by atoms with E-state index >= 15 is 0 Å². The van der Waals surface area contributed by atoms with Crippen LogP contribution in [-0.2, 0) is 16.0 Å². The molecule has 23 heavy (non-hydrogen) atoms. The molecule has 0 saturated carbocycles. The highest BCUT2D eigenvalue weighted by Crippen LogP contribution is 2.28. The van der Waals surface area contributed by atoms with Gasteiger partial charge in [0.2, 0.25) is 0 Å². The third-order valence-electron chi connectivity index (χ3n) is 3.67. The Morgan fingerprint density at radius 2 is 1.65 bits per heavy atom. The fourth-order valence-corrected chi connectivity index (χ4v) is 2.45. The predicted octanol–water partition coefficient (Wildman–Crippen LogP) is 1.45. The van der Waals surface area contributed by atoms with Gasteiger partial charge in [0.05, 0.1) is 14.2 Å². The monoisotopic (exact) mass is 320 g/mol. The van der Waals surface area contributed by atoms with Crippen LogP contribution in [0.5, 0.6) is 11.5 Å². The summed E-state index contributed by atoms with van der Waals surface area (Å²) in [5, 5.41) is 0. The first kappa shape index (κ1) is 16.8. The predicted molar refractivity (Wildman–Crippen MR) is 82.3 cm³/mol. The lowest BCUT2D eigenvalue weighted by Crippen LogP contribution is -2.38. The molecule has 4 amide bonds. The molecule has 1 aliphatic rings. The van der Waals surface area contributed by atoms with Crippen LogP contribution in [0, 0.1) is 0 Å². The lowest BCUT2D eigenvalue weighted by Gasteiger charge is -2.18. The zero-order chi connectivity index (χ0) is 17.1. The Kier molecular flexibility index (Phi) is 4.88. The topological polar surface area (TPSA) is 76.2 Å². The van der Waals surface area contributed by atoms with E-state index < -0.39 is 17.8 Å². The van der Waals surface area contributed by atoms with E-state index in [1.807, 2.05) is 6.07 Å². The van der Waals surface area contributed by atoms with Gasteiger partial charge >= 0.3 is 17.8 Å². The Morgan fingerprint density at radius 1 is 1.00 bits per heavy atom. The molecule has 1 fully saturated rings. The van der Waals surface area contributed by atoms with Crippen LogP contribution >= 0.6 is 0 Å². The fraction of sp³-hybridized carbons (Fsp3) is 0.438. The molecule has 0 atom stereocenters. The van der Waals surface area contributed by atoms with Gasteiger partial charge in [-0.3, -0.25) is 19.4 Å². The fourth-order valence-electron chi connectivity index (χ4n) is 2.45. The number of benzene rings is 1. The Bertz CT molecular complexity index is 641. The second kappa shape index (κ2) is 6.68. The van der Waals surface area contributed by atoms with Gasteiger partial charge < -0.3 is 9.47 Å². The number of methoxy groups -OCH3 is 2. The molecule has 0 unspecified atom stereocenters. The number of urea groups is 1. The van der Waals surface area contributed by atoms with Crippen molar-refractivity contribution >= 4 is 17.8 Å². The number of amides is 4. The molecule has 0 radical (unpaired) electrons. The van der Waals surface area contributed by atoms with Gasteiger partial charge in [-0.25, -0.2) is 4.79 Å². The van der Waals surface area contributed by atoms with Crippen molar-refractivity contribution in [3.05, 3.63) is 23.8 Å². The van der Waals surface area contributed by atoms with Crippen molar-refractivity contribution in [1.29, 1.82) is 0 Å². The van der Waals surface area contributed by atoms with E-state index in [1.54, 1.807) is 33.1 Å². The van der Waals surface area contributed by atoms with Gasteiger partial charge in [-0.2, -0.15) is 0 Å². The highest BCUT2D eigenvalue weighted by molar-refractivity contribution is 6.44. The van der Waals surface area contributed by atoms with E-state index in [4.69, 9.17) is 9.47 Å². The minimum absolute atomic E-state index is 0.141. The molecule has 1 aromatic carbocycles. The quantitative estimate of drug-likeness (QED) is 0.586. The minimum atomic E-state index is -0.774. The Labute approximate surface area is 134 Å². The van der Waals surface area contributed by atoms with Crippen LogP contribution in [0.3, 0.4) is 0 Å². The van der Waals surface area contributed by atoms with Gasteiger partial charge in [0, 0.05) is 12.6 Å². The van der Waals surface area contributed by atoms with Crippen molar-refractivity contribution in [2.24, 2.45) is 0 Å². The Hall–Kier alpha value is -2.57. The van der Waals surface area contributed by atoms with Gasteiger partial charge in [0.25, 0.3) is 0 Å². The van der Waals surface area contributed by atoms with E-state index in [9.17, 15) is 14.4 Å². The number of hydrogen-bond acceptors (Lipinski definition) is 5. The molecule has 0 bridgehead atoms. The largest absolute Gasteiger partial charge is 0.493 e. The maximum absolute atomic E-state index is 12.2. The van der Waals surface area contributed by atoms with Gasteiger partial charge in [0.15, 0.2) is 11.5 Å². The summed E-state index contributed by atoms with van der Waals surface area (Å²) in [5.74, 6) is -0.365. The van der Waals surface area contributed by atoms with Gasteiger partial charge in [0.1, 0.15) is 0 Å². The summed E-state index contributed by atoms with van der Waals surface area (Å²) < 4.78 is 10.4. The second-order valence-corrected chi connectivity index (χ2v) is 5.45. The normalized spacial score (nSPS) is 14.9. The van der Waals surface area contributed by atoms with Crippen LogP contribution in [0.4, 0.5) is 4.79 Å². The van der Waals surface area contributed by atoms with Crippen LogP contribution in [0.1, 0.15) is 19.4 Å². The standard InChI is InChI=1S/C16H20N2O5/c1-10(2)18-15(20)14(19)17(16(18)21)8-7-11-5-6-12(22-3)13(9-11)23-4/h5-6,9-10H,7-8H2,1-4H3. The summed E-state index contributed by atoms with van der Waals surface area (Å²) in [6.07, 6.45) is 0.428. The molecule has 7 nitrogen and oxygen atoms in total. The Balaban J connectivity index is 2.10. The molecule has 124 valence electrons. The first-order valence-electron chi connectivity index (χ1n) is 7.30. The Morgan fingerprint density at radius 3 is 2.17 bits per heavy atom. The average molecular weight is 320 g/mol. The summed E-state index contributed by atoms with van der Waals surface area (Å²) in [7, 11) is 3.08. The molecule has 1 heterocycles. The molecule has 7 heteroatoms. The number of rotatable bonds is 6. The molecule has 0 aliphatic carbocycles. The maximum atomic E-state index is 12.2. The van der Waals surface area contributed by atoms with Gasteiger partial charge in [-0.1, -0.05) is 6.07 Å². The maximum Gasteiger partial charge on any atom is 0.334 e. The summed E-state index contributed by atoms with van der Waals surface area (Å²) in [6.45, 7) is 3.53. The second-order valence-electron chi connectivity index (χ2n) is 5.45. The molecular formula is C16H20N2O5. The van der Waals surface area contributed by atoms with E-state index in [2.05, 4.69) is 0 Å². The average Bonchev–Trinajstić information content (AvgIpc) is 2.74. The van der Waals surface area contributed by atoms with Crippen LogP contribution in [-0.4, -0.2) is 54.5 Å². The van der Waals surface area contributed by atoms with Crippen molar-refractivity contribution < 1.29 is 23.9 Å². The zero-order valence-electron chi connectivity index (χ0n) is 13.7. The third kappa shape index (κ3) is 3.13. The van der Waals surface area contributed by atoms with Gasteiger partial charge in [-0.05, 0) is 38.0 Å². The van der Waals surface area contributed by atoms with E-state index in [-0.39, 0.29) is 12.6 Å². The summed E-state index contributed by atoms with van der Waals surface area (Å²) in [6, 6.07) is 4.47. The summed E-state index contributed by atoms with van der Waals surface area (Å²) >= 11 is 0. The molecule has 0 N–H and O–H groups in total. The van der Waals surface area contributed by atoms with Crippen LogP contribution in [0.15, 0.2) is 18.2 Å². The molecule has 1 saturated heterocycles. The number of nitrogens with zero attached hydrogens (tertiary/aromatic N) is 2. The third-order valence-corrected chi connectivity index (χ3v) is 3.67. The van der Waals surface area contributed by atoms with Crippen molar-refractivity contribution in [1.82, 2.24) is 9.80 Å². The van der Waals surface area contributed by atoms with E-state index in [0.717, 1.165) is 15.4 Å². The number of imide groups is 2. The molecule has 1 aliphatic heterocycles. The zero-order valence-corrected chi connectivity index (χ0v) is 13.7. The minimum Gasteiger partial charge on any atom is -0.493 e. The van der Waals surface area contributed by atoms with Gasteiger partial charge in [-0.15, -0.1) is 0 Å². The highest BCUT2D eigenvalue weighted by Gasteiger charge is 2.45. The molecular weight excluding hydrogens is 300 g/mol. The number of hydrogen-bond donors (Lipinski definition) is 0. The molecule has 2 rings (SSSR count). The van der Waals surface area contributed by atoms with Crippen molar-refractivity contribution in [2.45, 2.75) is 26.3 Å².